The lowest BCUT2D eigenvalue weighted by atomic mass is 9.92. The van der Waals surface area contributed by atoms with Crippen LogP contribution in [0, 0.1) is 11.9 Å². The van der Waals surface area contributed by atoms with E-state index >= 15 is 0 Å². The number of rotatable bonds is 3. The number of halogens is 3. The molecule has 122 valence electrons. The highest BCUT2D eigenvalue weighted by atomic mass is 35.5. The minimum Gasteiger partial charge on any atom is -0.384 e. The molecule has 0 atom stereocenters. The second kappa shape index (κ2) is 6.99. The van der Waals surface area contributed by atoms with Crippen LogP contribution in [0.1, 0.15) is 18.4 Å². The van der Waals surface area contributed by atoms with Crippen molar-refractivity contribution in [2.24, 2.45) is 5.92 Å². The Morgan fingerprint density at radius 3 is 2.74 bits per heavy atom. The molecular formula is C16H16Cl2FN3O. The van der Waals surface area contributed by atoms with E-state index in [1.807, 2.05) is 0 Å². The van der Waals surface area contributed by atoms with Crippen molar-refractivity contribution in [3.63, 3.8) is 0 Å². The van der Waals surface area contributed by atoms with Crippen LogP contribution in [0.2, 0.25) is 10.0 Å². The van der Waals surface area contributed by atoms with Gasteiger partial charge in [-0.25, -0.2) is 9.97 Å². The van der Waals surface area contributed by atoms with E-state index in [2.05, 4.69) is 9.97 Å². The third-order valence-electron chi connectivity index (χ3n) is 3.98. The molecule has 0 amide bonds. The molecule has 1 aliphatic heterocycles. The van der Waals surface area contributed by atoms with Crippen LogP contribution in [-0.4, -0.2) is 23.2 Å². The summed E-state index contributed by atoms with van der Waals surface area (Å²) in [5.41, 5.74) is 7.59. The number of hydrogen-bond donors (Lipinski definition) is 1. The van der Waals surface area contributed by atoms with E-state index in [9.17, 15) is 4.39 Å². The zero-order chi connectivity index (χ0) is 16.4. The molecule has 1 fully saturated rings. The number of nitrogens with two attached hydrogens (primary N) is 1. The van der Waals surface area contributed by atoms with E-state index in [0.717, 1.165) is 38.0 Å². The van der Waals surface area contributed by atoms with Crippen molar-refractivity contribution in [1.29, 1.82) is 0 Å². The van der Waals surface area contributed by atoms with Gasteiger partial charge in [-0.3, -0.25) is 0 Å². The summed E-state index contributed by atoms with van der Waals surface area (Å²) in [6.07, 6.45) is 4.00. The average molecular weight is 356 g/mol. The highest BCUT2D eigenvalue weighted by molar-refractivity contribution is 6.36. The maximum Gasteiger partial charge on any atom is 0.213 e. The molecule has 4 nitrogen and oxygen atoms in total. The number of aromatic nitrogens is 2. The first-order chi connectivity index (χ1) is 11.0. The Labute approximate surface area is 143 Å². The fourth-order valence-electron chi connectivity index (χ4n) is 2.79. The molecule has 3 rings (SSSR count). The fourth-order valence-corrected chi connectivity index (χ4v) is 3.26. The third-order valence-corrected chi connectivity index (χ3v) is 4.70. The summed E-state index contributed by atoms with van der Waals surface area (Å²) in [6.45, 7) is 1.52. The van der Waals surface area contributed by atoms with Crippen LogP contribution < -0.4 is 5.73 Å². The number of nitrogens with zero attached hydrogens (tertiary/aromatic N) is 2. The van der Waals surface area contributed by atoms with Crippen molar-refractivity contribution >= 4 is 29.0 Å². The van der Waals surface area contributed by atoms with Crippen LogP contribution in [0.25, 0.3) is 11.3 Å². The SMILES string of the molecule is Nc1cc(CC2CCOCC2)c(Cl)c(-c2cc(F)ncc2Cl)n1. The van der Waals surface area contributed by atoms with Gasteiger partial charge in [-0.15, -0.1) is 0 Å². The first kappa shape index (κ1) is 16.4. The third kappa shape index (κ3) is 3.74. The lowest BCUT2D eigenvalue weighted by Gasteiger charge is -2.23. The van der Waals surface area contributed by atoms with Gasteiger partial charge in [0.15, 0.2) is 0 Å². The Kier molecular flexibility index (Phi) is 4.99. The molecule has 7 heteroatoms. The molecule has 2 aromatic heterocycles. The number of ether oxygens (including phenoxy) is 1. The van der Waals surface area contributed by atoms with E-state index in [1.165, 1.54) is 12.3 Å². The highest BCUT2D eigenvalue weighted by Gasteiger charge is 2.20. The molecule has 0 aromatic carbocycles. The van der Waals surface area contributed by atoms with Gasteiger partial charge in [0, 0.05) is 31.0 Å². The van der Waals surface area contributed by atoms with Gasteiger partial charge in [0.1, 0.15) is 5.82 Å². The molecular weight excluding hydrogens is 340 g/mol. The smallest absolute Gasteiger partial charge is 0.213 e. The van der Waals surface area contributed by atoms with Crippen LogP contribution in [0.3, 0.4) is 0 Å². The zero-order valence-corrected chi connectivity index (χ0v) is 13.9. The number of nitrogen functional groups attached to an aromatic ring is 1. The summed E-state index contributed by atoms with van der Waals surface area (Å²) in [6, 6.07) is 2.99. The molecule has 0 radical (unpaired) electrons. The Morgan fingerprint density at radius 1 is 1.26 bits per heavy atom. The number of anilines is 1. The quantitative estimate of drug-likeness (QED) is 0.840. The molecule has 0 saturated carbocycles. The average Bonchev–Trinajstić information content (AvgIpc) is 2.54. The first-order valence-electron chi connectivity index (χ1n) is 7.38. The largest absolute Gasteiger partial charge is 0.384 e. The normalized spacial score (nSPS) is 15.8. The summed E-state index contributed by atoms with van der Waals surface area (Å²) < 4.78 is 18.8. The molecule has 1 aliphatic rings. The van der Waals surface area contributed by atoms with E-state index in [4.69, 9.17) is 33.7 Å². The Balaban J connectivity index is 1.99. The Hall–Kier alpha value is -1.43. The van der Waals surface area contributed by atoms with Crippen LogP contribution in [-0.2, 0) is 11.2 Å². The maximum atomic E-state index is 13.5. The van der Waals surface area contributed by atoms with E-state index in [1.54, 1.807) is 6.07 Å². The summed E-state index contributed by atoms with van der Waals surface area (Å²) in [7, 11) is 0. The molecule has 3 heterocycles. The second-order valence-electron chi connectivity index (χ2n) is 5.62. The van der Waals surface area contributed by atoms with E-state index in [0.29, 0.717) is 28.0 Å². The molecule has 0 aliphatic carbocycles. The van der Waals surface area contributed by atoms with Crippen molar-refractivity contribution in [1.82, 2.24) is 9.97 Å². The second-order valence-corrected chi connectivity index (χ2v) is 6.40. The van der Waals surface area contributed by atoms with Crippen LogP contribution in [0.4, 0.5) is 10.2 Å². The van der Waals surface area contributed by atoms with Gasteiger partial charge in [-0.1, -0.05) is 23.2 Å². The van der Waals surface area contributed by atoms with Crippen LogP contribution >= 0.6 is 23.2 Å². The molecule has 1 saturated heterocycles. The topological polar surface area (TPSA) is 61.0 Å². The van der Waals surface area contributed by atoms with Gasteiger partial charge in [0.05, 0.1) is 15.7 Å². The van der Waals surface area contributed by atoms with Gasteiger partial charge in [0.2, 0.25) is 5.95 Å². The van der Waals surface area contributed by atoms with Gasteiger partial charge in [0.25, 0.3) is 0 Å². The lowest BCUT2D eigenvalue weighted by Crippen LogP contribution is -2.18. The zero-order valence-electron chi connectivity index (χ0n) is 12.4. The molecule has 0 unspecified atom stereocenters. The number of pyridine rings is 2. The molecule has 0 spiro atoms. The molecule has 2 N–H and O–H groups in total. The van der Waals surface area contributed by atoms with Gasteiger partial charge in [-0.05, 0) is 36.8 Å². The maximum absolute atomic E-state index is 13.5. The molecule has 23 heavy (non-hydrogen) atoms. The van der Waals surface area contributed by atoms with Gasteiger partial charge in [-0.2, -0.15) is 4.39 Å². The Morgan fingerprint density at radius 2 is 2.00 bits per heavy atom. The van der Waals surface area contributed by atoms with Crippen molar-refractivity contribution in [3.05, 3.63) is 39.9 Å². The summed E-state index contributed by atoms with van der Waals surface area (Å²) in [5.74, 6) is 0.177. The standard InChI is InChI=1S/C16H16Cl2FN3O/c17-12-8-21-13(19)7-11(12)16-15(18)10(6-14(20)22-16)5-9-1-3-23-4-2-9/h6-9H,1-5H2,(H2,20,22). The fraction of sp³-hybridized carbons (Fsp3) is 0.375. The predicted octanol–water partition coefficient (Wildman–Crippen LogP) is 4.14. The van der Waals surface area contributed by atoms with Crippen LogP contribution in [0.15, 0.2) is 18.3 Å². The summed E-state index contributed by atoms with van der Waals surface area (Å²) in [4.78, 5) is 7.76. The lowest BCUT2D eigenvalue weighted by molar-refractivity contribution is 0.0665. The monoisotopic (exact) mass is 355 g/mol. The van der Waals surface area contributed by atoms with Crippen molar-refractivity contribution < 1.29 is 9.13 Å². The highest BCUT2D eigenvalue weighted by Crippen LogP contribution is 2.36. The van der Waals surface area contributed by atoms with Crippen molar-refractivity contribution in [2.75, 3.05) is 18.9 Å². The molecule has 0 bridgehead atoms. The minimum absolute atomic E-state index is 0.281. The molecule has 2 aromatic rings. The minimum atomic E-state index is -0.643. The van der Waals surface area contributed by atoms with Gasteiger partial charge >= 0.3 is 0 Å². The van der Waals surface area contributed by atoms with Gasteiger partial charge < -0.3 is 10.5 Å². The van der Waals surface area contributed by atoms with E-state index < -0.39 is 5.95 Å². The van der Waals surface area contributed by atoms with E-state index in [-0.39, 0.29) is 5.02 Å². The summed E-state index contributed by atoms with van der Waals surface area (Å²) >= 11 is 12.6. The Bertz CT molecular complexity index is 721. The number of hydrogen-bond acceptors (Lipinski definition) is 4. The first-order valence-corrected chi connectivity index (χ1v) is 8.14. The van der Waals surface area contributed by atoms with Crippen molar-refractivity contribution in [2.45, 2.75) is 19.3 Å². The van der Waals surface area contributed by atoms with Crippen molar-refractivity contribution in [3.8, 4) is 11.3 Å². The van der Waals surface area contributed by atoms with Crippen LogP contribution in [0.5, 0.6) is 0 Å². The predicted molar refractivity (Wildman–Crippen MR) is 89.1 cm³/mol. The summed E-state index contributed by atoms with van der Waals surface area (Å²) in [5, 5.41) is 0.738.